The minimum atomic E-state index is -0.0961. The van der Waals surface area contributed by atoms with Crippen molar-refractivity contribution in [1.29, 1.82) is 0 Å². The molecule has 17 heavy (non-hydrogen) atoms. The first-order chi connectivity index (χ1) is 8.31. The molecular weight excluding hydrogens is 236 g/mol. The molecule has 2 rings (SSSR count). The Labute approximate surface area is 104 Å². The molecule has 0 saturated carbocycles. The molecule has 6 heteroatoms. The van der Waals surface area contributed by atoms with E-state index in [1.807, 2.05) is 24.3 Å². The van der Waals surface area contributed by atoms with Crippen LogP contribution in [0.15, 0.2) is 35.7 Å². The lowest BCUT2D eigenvalue weighted by Gasteiger charge is -2.14. The molecule has 1 aromatic carbocycles. The Morgan fingerprint density at radius 1 is 1.47 bits per heavy atom. The topological polar surface area (TPSA) is 76.8 Å². The Hall–Kier alpha value is -1.53. The van der Waals surface area contributed by atoms with Gasteiger partial charge in [0.15, 0.2) is 5.16 Å². The van der Waals surface area contributed by atoms with Gasteiger partial charge in [-0.3, -0.25) is 5.10 Å². The number of hydrogen-bond donors (Lipinski definition) is 2. The second-order valence-corrected chi connectivity index (χ2v) is 4.46. The molecule has 0 saturated heterocycles. The maximum atomic E-state index is 6.13. The Balaban J connectivity index is 2.01. The molecule has 1 unspecified atom stereocenters. The number of benzene rings is 1. The van der Waals surface area contributed by atoms with E-state index in [9.17, 15) is 0 Å². The third-order valence-electron chi connectivity index (χ3n) is 2.33. The van der Waals surface area contributed by atoms with E-state index in [4.69, 9.17) is 10.5 Å². The molecule has 3 N–H and O–H groups in total. The van der Waals surface area contributed by atoms with Crippen LogP contribution in [-0.2, 0) is 0 Å². The van der Waals surface area contributed by atoms with E-state index in [-0.39, 0.29) is 6.04 Å². The summed E-state index contributed by atoms with van der Waals surface area (Å²) in [5.74, 6) is 1.54. The number of aromatic amines is 1. The van der Waals surface area contributed by atoms with E-state index in [0.29, 0.717) is 0 Å². The summed E-state index contributed by atoms with van der Waals surface area (Å²) in [5.41, 5.74) is 7.13. The van der Waals surface area contributed by atoms with Crippen LogP contribution in [0.1, 0.15) is 11.6 Å². The zero-order chi connectivity index (χ0) is 12.1. The number of aromatic nitrogens is 3. The SMILES string of the molecule is COc1ccccc1C(N)CSc1ncn[nH]1. The Kier molecular flexibility index (Phi) is 4.00. The minimum absolute atomic E-state index is 0.0961. The maximum Gasteiger partial charge on any atom is 0.183 e. The molecule has 0 spiro atoms. The van der Waals surface area contributed by atoms with Gasteiger partial charge in [-0.15, -0.1) is 0 Å². The predicted octanol–water partition coefficient (Wildman–Crippen LogP) is 1.61. The smallest absolute Gasteiger partial charge is 0.183 e. The molecule has 0 amide bonds. The number of rotatable bonds is 5. The zero-order valence-corrected chi connectivity index (χ0v) is 10.3. The van der Waals surface area contributed by atoms with Crippen LogP contribution < -0.4 is 10.5 Å². The molecule has 0 aliphatic carbocycles. The van der Waals surface area contributed by atoms with Crippen molar-refractivity contribution in [1.82, 2.24) is 15.2 Å². The van der Waals surface area contributed by atoms with Crippen LogP contribution in [0, 0.1) is 0 Å². The maximum absolute atomic E-state index is 6.13. The van der Waals surface area contributed by atoms with Crippen LogP contribution >= 0.6 is 11.8 Å². The van der Waals surface area contributed by atoms with Gasteiger partial charge in [0, 0.05) is 17.4 Å². The molecule has 1 atom stereocenters. The van der Waals surface area contributed by atoms with Crippen LogP contribution in [0.3, 0.4) is 0 Å². The van der Waals surface area contributed by atoms with Gasteiger partial charge < -0.3 is 10.5 Å². The first kappa shape index (κ1) is 11.9. The number of ether oxygens (including phenoxy) is 1. The van der Waals surface area contributed by atoms with E-state index in [2.05, 4.69) is 15.2 Å². The number of nitrogens with zero attached hydrogens (tertiary/aromatic N) is 2. The third-order valence-corrected chi connectivity index (χ3v) is 3.33. The fourth-order valence-electron chi connectivity index (χ4n) is 1.50. The zero-order valence-electron chi connectivity index (χ0n) is 9.46. The standard InChI is InChI=1S/C11H14N4OS/c1-16-10-5-3-2-4-8(10)9(12)6-17-11-13-7-14-15-11/h2-5,7,9H,6,12H2,1H3,(H,13,14,15). The van der Waals surface area contributed by atoms with Crippen molar-refractivity contribution in [2.75, 3.05) is 12.9 Å². The minimum Gasteiger partial charge on any atom is -0.496 e. The van der Waals surface area contributed by atoms with Gasteiger partial charge in [-0.05, 0) is 6.07 Å². The van der Waals surface area contributed by atoms with Gasteiger partial charge >= 0.3 is 0 Å². The van der Waals surface area contributed by atoms with E-state index in [1.54, 1.807) is 7.11 Å². The van der Waals surface area contributed by atoms with Crippen LogP contribution in [0.4, 0.5) is 0 Å². The Morgan fingerprint density at radius 3 is 3.00 bits per heavy atom. The fraction of sp³-hybridized carbons (Fsp3) is 0.273. The van der Waals surface area contributed by atoms with Gasteiger partial charge in [0.25, 0.3) is 0 Å². The van der Waals surface area contributed by atoms with Crippen LogP contribution in [0.2, 0.25) is 0 Å². The van der Waals surface area contributed by atoms with E-state index >= 15 is 0 Å². The molecule has 0 aliphatic heterocycles. The van der Waals surface area contributed by atoms with Crippen molar-refractivity contribution in [3.05, 3.63) is 36.2 Å². The molecule has 5 nitrogen and oxygen atoms in total. The number of para-hydroxylation sites is 1. The molecular formula is C11H14N4OS. The summed E-state index contributed by atoms with van der Waals surface area (Å²) in [6.45, 7) is 0. The van der Waals surface area contributed by atoms with Crippen LogP contribution in [-0.4, -0.2) is 28.0 Å². The number of nitrogens with two attached hydrogens (primary N) is 1. The lowest BCUT2D eigenvalue weighted by Crippen LogP contribution is -2.14. The van der Waals surface area contributed by atoms with Crippen LogP contribution in [0.25, 0.3) is 0 Å². The molecule has 0 bridgehead atoms. The first-order valence-corrected chi connectivity index (χ1v) is 6.16. The highest BCUT2D eigenvalue weighted by Gasteiger charge is 2.12. The number of thioether (sulfide) groups is 1. The van der Waals surface area contributed by atoms with Crippen molar-refractivity contribution >= 4 is 11.8 Å². The Bertz CT molecular complexity index is 460. The fourth-order valence-corrected chi connectivity index (χ4v) is 2.25. The third kappa shape index (κ3) is 2.98. The molecule has 0 radical (unpaired) electrons. The van der Waals surface area contributed by atoms with Gasteiger partial charge in [-0.2, -0.15) is 5.10 Å². The Morgan fingerprint density at radius 2 is 2.29 bits per heavy atom. The van der Waals surface area contributed by atoms with Crippen molar-refractivity contribution in [3.8, 4) is 5.75 Å². The summed E-state index contributed by atoms with van der Waals surface area (Å²) >= 11 is 1.54. The second-order valence-electron chi connectivity index (χ2n) is 3.45. The molecule has 0 aliphatic rings. The predicted molar refractivity (Wildman–Crippen MR) is 67.0 cm³/mol. The van der Waals surface area contributed by atoms with Gasteiger partial charge in [-0.1, -0.05) is 30.0 Å². The van der Waals surface area contributed by atoms with Crippen molar-refractivity contribution < 1.29 is 4.74 Å². The van der Waals surface area contributed by atoms with E-state index in [0.717, 1.165) is 22.2 Å². The number of nitrogens with one attached hydrogen (secondary N) is 1. The normalized spacial score (nSPS) is 12.4. The summed E-state index contributed by atoms with van der Waals surface area (Å²) in [4.78, 5) is 4.03. The monoisotopic (exact) mass is 250 g/mol. The highest BCUT2D eigenvalue weighted by Crippen LogP contribution is 2.26. The lowest BCUT2D eigenvalue weighted by molar-refractivity contribution is 0.407. The van der Waals surface area contributed by atoms with Gasteiger partial charge in [-0.25, -0.2) is 4.98 Å². The number of hydrogen-bond acceptors (Lipinski definition) is 5. The molecule has 1 aromatic heterocycles. The van der Waals surface area contributed by atoms with E-state index in [1.165, 1.54) is 18.1 Å². The summed E-state index contributed by atoms with van der Waals surface area (Å²) in [6.07, 6.45) is 1.48. The largest absolute Gasteiger partial charge is 0.496 e. The summed E-state index contributed by atoms with van der Waals surface area (Å²) < 4.78 is 5.28. The molecule has 2 aromatic rings. The van der Waals surface area contributed by atoms with Crippen molar-refractivity contribution in [3.63, 3.8) is 0 Å². The van der Waals surface area contributed by atoms with Gasteiger partial charge in [0.05, 0.1) is 7.11 Å². The van der Waals surface area contributed by atoms with Gasteiger partial charge in [0.1, 0.15) is 12.1 Å². The highest BCUT2D eigenvalue weighted by atomic mass is 32.2. The first-order valence-electron chi connectivity index (χ1n) is 5.18. The average Bonchev–Trinajstić information content (AvgIpc) is 2.89. The summed E-state index contributed by atoms with van der Waals surface area (Å²) in [6, 6.07) is 7.68. The molecule has 1 heterocycles. The van der Waals surface area contributed by atoms with Crippen molar-refractivity contribution in [2.24, 2.45) is 5.73 Å². The van der Waals surface area contributed by atoms with Crippen LogP contribution in [0.5, 0.6) is 5.75 Å². The average molecular weight is 250 g/mol. The number of H-pyrrole nitrogens is 1. The van der Waals surface area contributed by atoms with Gasteiger partial charge in [0.2, 0.25) is 0 Å². The second kappa shape index (κ2) is 5.70. The quantitative estimate of drug-likeness (QED) is 0.788. The molecule has 0 fully saturated rings. The summed E-state index contributed by atoms with van der Waals surface area (Å²) in [5, 5.41) is 7.35. The highest BCUT2D eigenvalue weighted by molar-refractivity contribution is 7.99. The molecule has 90 valence electrons. The van der Waals surface area contributed by atoms with Crippen molar-refractivity contribution in [2.45, 2.75) is 11.2 Å². The number of methoxy groups -OCH3 is 1. The summed E-state index contributed by atoms with van der Waals surface area (Å²) in [7, 11) is 1.65. The lowest BCUT2D eigenvalue weighted by atomic mass is 10.1. The van der Waals surface area contributed by atoms with E-state index < -0.39 is 0 Å².